The monoisotopic (exact) mass is 393 g/mol. The average molecular weight is 393 g/mol. The fraction of sp³-hybridized carbons (Fsp3) is 0.273. The first kappa shape index (κ1) is 19.0. The second-order valence-corrected chi connectivity index (χ2v) is 6.93. The number of carbonyl (C=O) groups is 2. The van der Waals surface area contributed by atoms with Crippen LogP contribution in [-0.2, 0) is 16.0 Å². The molecule has 1 aliphatic rings. The van der Waals surface area contributed by atoms with Crippen LogP contribution in [0.3, 0.4) is 0 Å². The summed E-state index contributed by atoms with van der Waals surface area (Å²) in [6.45, 7) is 0.577. The molecule has 2 N–H and O–H groups in total. The summed E-state index contributed by atoms with van der Waals surface area (Å²) in [5.74, 6) is 0.826. The van der Waals surface area contributed by atoms with Crippen LogP contribution in [0.4, 0.5) is 5.69 Å². The first-order chi connectivity index (χ1) is 14.1. The molecule has 7 heteroatoms. The van der Waals surface area contributed by atoms with Gasteiger partial charge in [-0.2, -0.15) is 0 Å². The number of carbonyl (C=O) groups excluding carboxylic acids is 2. The first-order valence-corrected chi connectivity index (χ1v) is 9.49. The number of imide groups is 1. The van der Waals surface area contributed by atoms with E-state index in [4.69, 9.17) is 9.47 Å². The predicted octanol–water partition coefficient (Wildman–Crippen LogP) is 2.65. The molecule has 0 radical (unpaired) electrons. The maximum atomic E-state index is 12.8. The Bertz CT molecular complexity index is 1060. The predicted molar refractivity (Wildman–Crippen MR) is 110 cm³/mol. The van der Waals surface area contributed by atoms with Gasteiger partial charge < -0.3 is 19.8 Å². The Balaban J connectivity index is 1.43. The molecular formula is C22H23N3O4. The highest BCUT2D eigenvalue weighted by atomic mass is 16.5. The van der Waals surface area contributed by atoms with E-state index in [-0.39, 0.29) is 18.2 Å². The van der Waals surface area contributed by atoms with Crippen molar-refractivity contribution in [3.05, 3.63) is 54.2 Å². The van der Waals surface area contributed by atoms with Gasteiger partial charge in [0.25, 0.3) is 5.91 Å². The third-order valence-corrected chi connectivity index (χ3v) is 5.23. The van der Waals surface area contributed by atoms with Gasteiger partial charge in [-0.25, -0.2) is 4.90 Å². The third-order valence-electron chi connectivity index (χ3n) is 5.23. The van der Waals surface area contributed by atoms with Crippen molar-refractivity contribution in [2.45, 2.75) is 18.9 Å². The van der Waals surface area contributed by atoms with Crippen molar-refractivity contribution in [3.63, 3.8) is 0 Å². The summed E-state index contributed by atoms with van der Waals surface area (Å²) >= 11 is 0. The maximum Gasteiger partial charge on any atom is 0.251 e. The average Bonchev–Trinajstić information content (AvgIpc) is 3.27. The van der Waals surface area contributed by atoms with Gasteiger partial charge in [0, 0.05) is 23.6 Å². The van der Waals surface area contributed by atoms with Crippen LogP contribution in [0.2, 0.25) is 0 Å². The molecule has 1 saturated heterocycles. The number of amides is 2. The molecule has 3 aromatic rings. The minimum absolute atomic E-state index is 0.137. The molecule has 150 valence electrons. The van der Waals surface area contributed by atoms with Crippen LogP contribution in [0.5, 0.6) is 11.5 Å². The fourth-order valence-corrected chi connectivity index (χ4v) is 3.73. The van der Waals surface area contributed by atoms with E-state index in [0.717, 1.165) is 28.6 Å². The lowest BCUT2D eigenvalue weighted by atomic mass is 10.1. The zero-order valence-corrected chi connectivity index (χ0v) is 16.4. The summed E-state index contributed by atoms with van der Waals surface area (Å²) < 4.78 is 10.6. The summed E-state index contributed by atoms with van der Waals surface area (Å²) in [6, 6.07) is 12.4. The van der Waals surface area contributed by atoms with Gasteiger partial charge in [0.1, 0.15) is 11.5 Å². The molecule has 1 aromatic heterocycles. The summed E-state index contributed by atoms with van der Waals surface area (Å²) in [4.78, 5) is 29.8. The molecule has 29 heavy (non-hydrogen) atoms. The van der Waals surface area contributed by atoms with Crippen molar-refractivity contribution in [2.75, 3.05) is 25.7 Å². The molecular weight excluding hydrogens is 370 g/mol. The summed E-state index contributed by atoms with van der Waals surface area (Å²) in [5, 5.41) is 4.33. The molecule has 0 bridgehead atoms. The Kier molecular flexibility index (Phi) is 5.22. The number of H-pyrrole nitrogens is 1. The summed E-state index contributed by atoms with van der Waals surface area (Å²) in [7, 11) is 3.17. The van der Waals surface area contributed by atoms with E-state index < -0.39 is 6.04 Å². The SMILES string of the molecule is COc1ccc2[nH]cc(CCN[C@H]3CC(=O)N(c4ccccc4OC)C3=O)c2c1. The molecule has 0 aliphatic carbocycles. The third kappa shape index (κ3) is 3.56. The van der Waals surface area contributed by atoms with Gasteiger partial charge in [-0.05, 0) is 42.3 Å². The van der Waals surface area contributed by atoms with Gasteiger partial charge in [-0.3, -0.25) is 9.59 Å². The quantitative estimate of drug-likeness (QED) is 0.603. The van der Waals surface area contributed by atoms with E-state index in [0.29, 0.717) is 18.0 Å². The van der Waals surface area contributed by atoms with Crippen molar-refractivity contribution in [1.29, 1.82) is 0 Å². The Morgan fingerprint density at radius 3 is 2.76 bits per heavy atom. The highest BCUT2D eigenvalue weighted by molar-refractivity contribution is 6.23. The normalized spacial score (nSPS) is 16.6. The van der Waals surface area contributed by atoms with Crippen LogP contribution in [0.1, 0.15) is 12.0 Å². The molecule has 0 unspecified atom stereocenters. The minimum atomic E-state index is -0.535. The number of rotatable bonds is 7. The maximum absolute atomic E-state index is 12.8. The molecule has 1 fully saturated rings. The highest BCUT2D eigenvalue weighted by Gasteiger charge is 2.40. The number of anilines is 1. The number of aromatic amines is 1. The lowest BCUT2D eigenvalue weighted by Gasteiger charge is -2.18. The first-order valence-electron chi connectivity index (χ1n) is 9.49. The number of aromatic nitrogens is 1. The van der Waals surface area contributed by atoms with Gasteiger partial charge in [-0.15, -0.1) is 0 Å². The Morgan fingerprint density at radius 1 is 1.14 bits per heavy atom. The van der Waals surface area contributed by atoms with Crippen molar-refractivity contribution in [1.82, 2.24) is 10.3 Å². The van der Waals surface area contributed by atoms with E-state index in [1.165, 1.54) is 12.0 Å². The molecule has 2 amide bonds. The smallest absolute Gasteiger partial charge is 0.251 e. The topological polar surface area (TPSA) is 83.7 Å². The standard InChI is InChI=1S/C22H23N3O4/c1-28-15-7-8-17-16(11-15)14(13-24-17)9-10-23-18-12-21(26)25(22(18)27)19-5-3-4-6-20(19)29-2/h3-8,11,13,18,23-24H,9-10,12H2,1-2H3/t18-/m0/s1. The number of nitrogens with zero attached hydrogens (tertiary/aromatic N) is 1. The van der Waals surface area contributed by atoms with Crippen LogP contribution in [-0.4, -0.2) is 43.6 Å². The van der Waals surface area contributed by atoms with Crippen molar-refractivity contribution in [2.24, 2.45) is 0 Å². The molecule has 2 heterocycles. The Labute approximate surface area is 168 Å². The lowest BCUT2D eigenvalue weighted by Crippen LogP contribution is -2.39. The van der Waals surface area contributed by atoms with E-state index in [1.54, 1.807) is 31.4 Å². The lowest BCUT2D eigenvalue weighted by molar-refractivity contribution is -0.121. The zero-order chi connectivity index (χ0) is 20.4. The van der Waals surface area contributed by atoms with Gasteiger partial charge in [-0.1, -0.05) is 12.1 Å². The summed E-state index contributed by atoms with van der Waals surface area (Å²) in [6.07, 6.45) is 2.83. The van der Waals surface area contributed by atoms with Crippen LogP contribution < -0.4 is 19.7 Å². The van der Waals surface area contributed by atoms with Crippen LogP contribution in [0.15, 0.2) is 48.7 Å². The number of para-hydroxylation sites is 2. The molecule has 0 spiro atoms. The van der Waals surface area contributed by atoms with E-state index >= 15 is 0 Å². The van der Waals surface area contributed by atoms with Gasteiger partial charge in [0.2, 0.25) is 5.91 Å². The van der Waals surface area contributed by atoms with E-state index in [1.807, 2.05) is 24.4 Å². The number of ether oxygens (including phenoxy) is 2. The van der Waals surface area contributed by atoms with Crippen LogP contribution >= 0.6 is 0 Å². The largest absolute Gasteiger partial charge is 0.497 e. The molecule has 2 aromatic carbocycles. The number of hydrogen-bond donors (Lipinski definition) is 2. The van der Waals surface area contributed by atoms with Gasteiger partial charge in [0.15, 0.2) is 0 Å². The number of fused-ring (bicyclic) bond motifs is 1. The number of benzene rings is 2. The second-order valence-electron chi connectivity index (χ2n) is 6.93. The number of methoxy groups -OCH3 is 2. The molecule has 1 aliphatic heterocycles. The van der Waals surface area contributed by atoms with Crippen LogP contribution in [0, 0.1) is 0 Å². The number of nitrogens with one attached hydrogen (secondary N) is 2. The molecule has 4 rings (SSSR count). The van der Waals surface area contributed by atoms with Crippen molar-refractivity contribution < 1.29 is 19.1 Å². The van der Waals surface area contributed by atoms with E-state index in [9.17, 15) is 9.59 Å². The van der Waals surface area contributed by atoms with Gasteiger partial charge in [0.05, 0.1) is 32.4 Å². The van der Waals surface area contributed by atoms with Crippen molar-refractivity contribution in [3.8, 4) is 11.5 Å². The zero-order valence-electron chi connectivity index (χ0n) is 16.4. The molecule has 0 saturated carbocycles. The second kappa shape index (κ2) is 7.97. The fourth-order valence-electron chi connectivity index (χ4n) is 3.73. The minimum Gasteiger partial charge on any atom is -0.497 e. The summed E-state index contributed by atoms with van der Waals surface area (Å²) in [5.41, 5.74) is 2.65. The van der Waals surface area contributed by atoms with Crippen molar-refractivity contribution >= 4 is 28.4 Å². The molecule has 7 nitrogen and oxygen atoms in total. The van der Waals surface area contributed by atoms with E-state index in [2.05, 4.69) is 10.3 Å². The number of hydrogen-bond acceptors (Lipinski definition) is 5. The molecule has 1 atom stereocenters. The van der Waals surface area contributed by atoms with Crippen LogP contribution in [0.25, 0.3) is 10.9 Å². The highest BCUT2D eigenvalue weighted by Crippen LogP contribution is 2.31. The Morgan fingerprint density at radius 2 is 1.97 bits per heavy atom. The Hall–Kier alpha value is -3.32. The van der Waals surface area contributed by atoms with Gasteiger partial charge >= 0.3 is 0 Å².